The SMILES string of the molecule is Cc1ccc(OCCC(=O)NC2CCCCC2O)c(C)c1. The molecule has 0 radical (unpaired) electrons. The Balaban J connectivity index is 1.73. The number of hydrogen-bond donors (Lipinski definition) is 2. The van der Waals surface area contributed by atoms with Gasteiger partial charge < -0.3 is 15.2 Å². The molecule has 0 aromatic heterocycles. The van der Waals surface area contributed by atoms with Crippen LogP contribution in [0.2, 0.25) is 0 Å². The number of amides is 1. The minimum Gasteiger partial charge on any atom is -0.493 e. The quantitative estimate of drug-likeness (QED) is 0.876. The summed E-state index contributed by atoms with van der Waals surface area (Å²) in [4.78, 5) is 11.9. The Bertz CT molecular complexity index is 487. The number of aryl methyl sites for hydroxylation is 2. The maximum Gasteiger partial charge on any atom is 0.223 e. The van der Waals surface area contributed by atoms with E-state index in [9.17, 15) is 9.90 Å². The zero-order chi connectivity index (χ0) is 15.2. The Kier molecular flexibility index (Phi) is 5.62. The Morgan fingerprint density at radius 2 is 2.10 bits per heavy atom. The van der Waals surface area contributed by atoms with E-state index in [1.165, 1.54) is 5.56 Å². The molecule has 0 bridgehead atoms. The molecule has 2 atom stereocenters. The summed E-state index contributed by atoms with van der Waals surface area (Å²) in [5.74, 6) is 0.775. The number of benzene rings is 1. The molecule has 116 valence electrons. The van der Waals surface area contributed by atoms with Crippen LogP contribution in [0.1, 0.15) is 43.2 Å². The van der Waals surface area contributed by atoms with Crippen LogP contribution < -0.4 is 10.1 Å². The van der Waals surface area contributed by atoms with Crippen LogP contribution in [0.3, 0.4) is 0 Å². The number of aliphatic hydroxyl groups is 1. The van der Waals surface area contributed by atoms with Crippen molar-refractivity contribution in [1.82, 2.24) is 5.32 Å². The van der Waals surface area contributed by atoms with Crippen LogP contribution in [0.4, 0.5) is 0 Å². The van der Waals surface area contributed by atoms with Crippen LogP contribution in [0.25, 0.3) is 0 Å². The summed E-state index contributed by atoms with van der Waals surface area (Å²) >= 11 is 0. The van der Waals surface area contributed by atoms with E-state index in [4.69, 9.17) is 4.74 Å². The van der Waals surface area contributed by atoms with Crippen molar-refractivity contribution in [3.63, 3.8) is 0 Å². The van der Waals surface area contributed by atoms with Gasteiger partial charge in [-0.05, 0) is 38.3 Å². The second kappa shape index (κ2) is 7.46. The molecule has 1 aliphatic rings. The minimum atomic E-state index is -0.400. The summed E-state index contributed by atoms with van der Waals surface area (Å²) < 4.78 is 5.66. The van der Waals surface area contributed by atoms with Crippen LogP contribution in [0.5, 0.6) is 5.75 Å². The molecule has 4 heteroatoms. The van der Waals surface area contributed by atoms with Crippen molar-refractivity contribution in [3.8, 4) is 5.75 Å². The predicted molar refractivity (Wildman–Crippen MR) is 82.4 cm³/mol. The average molecular weight is 291 g/mol. The number of carbonyl (C=O) groups excluding carboxylic acids is 1. The highest BCUT2D eigenvalue weighted by atomic mass is 16.5. The lowest BCUT2D eigenvalue weighted by Gasteiger charge is -2.28. The van der Waals surface area contributed by atoms with Gasteiger partial charge in [-0.2, -0.15) is 0 Å². The topological polar surface area (TPSA) is 58.6 Å². The molecule has 1 aromatic rings. The minimum absolute atomic E-state index is 0.0503. The molecule has 2 rings (SSSR count). The molecular formula is C17H25NO3. The van der Waals surface area contributed by atoms with E-state index in [-0.39, 0.29) is 11.9 Å². The van der Waals surface area contributed by atoms with Gasteiger partial charge in [0.25, 0.3) is 0 Å². The zero-order valence-electron chi connectivity index (χ0n) is 12.9. The molecular weight excluding hydrogens is 266 g/mol. The largest absolute Gasteiger partial charge is 0.493 e. The first-order chi connectivity index (χ1) is 10.1. The molecule has 1 saturated carbocycles. The van der Waals surface area contributed by atoms with Crippen LogP contribution in [0, 0.1) is 13.8 Å². The summed E-state index contributed by atoms with van der Waals surface area (Å²) in [7, 11) is 0. The fourth-order valence-corrected chi connectivity index (χ4v) is 2.77. The lowest BCUT2D eigenvalue weighted by molar-refractivity contribution is -0.123. The molecule has 0 heterocycles. The van der Waals surface area contributed by atoms with Gasteiger partial charge in [0.05, 0.1) is 25.2 Å². The molecule has 4 nitrogen and oxygen atoms in total. The first-order valence-electron chi connectivity index (χ1n) is 7.74. The highest BCUT2D eigenvalue weighted by Crippen LogP contribution is 2.20. The van der Waals surface area contributed by atoms with Crippen molar-refractivity contribution in [2.75, 3.05) is 6.61 Å². The zero-order valence-corrected chi connectivity index (χ0v) is 12.9. The molecule has 21 heavy (non-hydrogen) atoms. The van der Waals surface area contributed by atoms with Crippen molar-refractivity contribution in [2.24, 2.45) is 0 Å². The highest BCUT2D eigenvalue weighted by Gasteiger charge is 2.24. The van der Waals surface area contributed by atoms with Gasteiger partial charge in [0.15, 0.2) is 0 Å². The maximum absolute atomic E-state index is 11.9. The van der Waals surface area contributed by atoms with Crippen molar-refractivity contribution >= 4 is 5.91 Å². The first-order valence-corrected chi connectivity index (χ1v) is 7.74. The van der Waals surface area contributed by atoms with E-state index in [2.05, 4.69) is 11.4 Å². The summed E-state index contributed by atoms with van der Waals surface area (Å²) in [6, 6.07) is 5.91. The third-order valence-electron chi connectivity index (χ3n) is 3.99. The highest BCUT2D eigenvalue weighted by molar-refractivity contribution is 5.76. The first kappa shape index (κ1) is 15.8. The fraction of sp³-hybridized carbons (Fsp3) is 0.588. The third kappa shape index (κ3) is 4.74. The molecule has 0 saturated heterocycles. The van der Waals surface area contributed by atoms with Gasteiger partial charge in [-0.25, -0.2) is 0 Å². The Labute approximate surface area is 126 Å². The van der Waals surface area contributed by atoms with Crippen LogP contribution in [-0.4, -0.2) is 29.8 Å². The fourth-order valence-electron chi connectivity index (χ4n) is 2.77. The van der Waals surface area contributed by atoms with Gasteiger partial charge in [0, 0.05) is 0 Å². The number of aliphatic hydroxyl groups excluding tert-OH is 1. The van der Waals surface area contributed by atoms with Crippen molar-refractivity contribution in [1.29, 1.82) is 0 Å². The molecule has 1 aliphatic carbocycles. The lowest BCUT2D eigenvalue weighted by atomic mass is 9.92. The van der Waals surface area contributed by atoms with Crippen molar-refractivity contribution in [2.45, 2.75) is 58.1 Å². The van der Waals surface area contributed by atoms with Crippen molar-refractivity contribution in [3.05, 3.63) is 29.3 Å². The number of hydrogen-bond acceptors (Lipinski definition) is 3. The van der Waals surface area contributed by atoms with Gasteiger partial charge in [0.2, 0.25) is 5.91 Å². The smallest absolute Gasteiger partial charge is 0.223 e. The number of rotatable bonds is 5. The summed E-state index contributed by atoms with van der Waals surface area (Å²) in [6.07, 6.45) is 3.68. The number of nitrogens with one attached hydrogen (secondary N) is 1. The van der Waals surface area contributed by atoms with E-state index in [1.807, 2.05) is 26.0 Å². The Morgan fingerprint density at radius 1 is 1.33 bits per heavy atom. The van der Waals surface area contributed by atoms with E-state index in [0.29, 0.717) is 13.0 Å². The second-order valence-corrected chi connectivity index (χ2v) is 5.89. The third-order valence-corrected chi connectivity index (χ3v) is 3.99. The molecule has 1 fully saturated rings. The van der Waals surface area contributed by atoms with Gasteiger partial charge in [-0.3, -0.25) is 4.79 Å². The Morgan fingerprint density at radius 3 is 2.81 bits per heavy atom. The van der Waals surface area contributed by atoms with E-state index >= 15 is 0 Å². The maximum atomic E-state index is 11.9. The number of carbonyl (C=O) groups is 1. The summed E-state index contributed by atoms with van der Waals surface area (Å²) in [5.41, 5.74) is 2.28. The van der Waals surface area contributed by atoms with E-state index in [0.717, 1.165) is 37.0 Å². The van der Waals surface area contributed by atoms with Gasteiger partial charge >= 0.3 is 0 Å². The van der Waals surface area contributed by atoms with E-state index < -0.39 is 6.10 Å². The molecule has 0 aliphatic heterocycles. The molecule has 1 amide bonds. The normalized spacial score (nSPS) is 21.9. The van der Waals surface area contributed by atoms with Crippen LogP contribution >= 0.6 is 0 Å². The van der Waals surface area contributed by atoms with Gasteiger partial charge in [0.1, 0.15) is 5.75 Å². The lowest BCUT2D eigenvalue weighted by Crippen LogP contribution is -2.45. The molecule has 2 N–H and O–H groups in total. The Hall–Kier alpha value is -1.55. The molecule has 0 spiro atoms. The molecule has 2 unspecified atom stereocenters. The van der Waals surface area contributed by atoms with Gasteiger partial charge in [-0.1, -0.05) is 30.5 Å². The monoisotopic (exact) mass is 291 g/mol. The van der Waals surface area contributed by atoms with Gasteiger partial charge in [-0.15, -0.1) is 0 Å². The van der Waals surface area contributed by atoms with Crippen LogP contribution in [-0.2, 0) is 4.79 Å². The van der Waals surface area contributed by atoms with Crippen LogP contribution in [0.15, 0.2) is 18.2 Å². The summed E-state index contributed by atoms with van der Waals surface area (Å²) in [5, 5.41) is 12.7. The molecule has 1 aromatic carbocycles. The predicted octanol–water partition coefficient (Wildman–Crippen LogP) is 2.49. The van der Waals surface area contributed by atoms with Crippen molar-refractivity contribution < 1.29 is 14.6 Å². The second-order valence-electron chi connectivity index (χ2n) is 5.89. The number of ether oxygens (including phenoxy) is 1. The summed E-state index contributed by atoms with van der Waals surface area (Å²) in [6.45, 7) is 4.40. The average Bonchev–Trinajstić information content (AvgIpc) is 2.44. The van der Waals surface area contributed by atoms with E-state index in [1.54, 1.807) is 0 Å². The standard InChI is InChI=1S/C17H25NO3/c1-12-7-8-16(13(2)11-12)21-10-9-17(20)18-14-5-3-4-6-15(14)19/h7-8,11,14-15,19H,3-6,9-10H2,1-2H3,(H,18,20).